The third-order valence-corrected chi connectivity index (χ3v) is 3.81. The van der Waals surface area contributed by atoms with Crippen LogP contribution in [0.25, 0.3) is 0 Å². The van der Waals surface area contributed by atoms with Crippen LogP contribution in [-0.2, 0) is 18.3 Å². The number of aromatic nitrogens is 2. The number of alkyl halides is 3. The predicted octanol–water partition coefficient (Wildman–Crippen LogP) is 1.35. The van der Waals surface area contributed by atoms with Crippen molar-refractivity contribution in [1.29, 1.82) is 0 Å². The molecule has 1 aromatic rings. The van der Waals surface area contributed by atoms with Crippen molar-refractivity contribution >= 4 is 5.91 Å². The maximum absolute atomic E-state index is 12.1. The lowest BCUT2D eigenvalue weighted by molar-refractivity contribution is -0.141. The highest BCUT2D eigenvalue weighted by molar-refractivity contribution is 5.79. The molecule has 22 heavy (non-hydrogen) atoms. The largest absolute Gasteiger partial charge is 0.405 e. The van der Waals surface area contributed by atoms with Gasteiger partial charge in [0.1, 0.15) is 6.54 Å². The fourth-order valence-corrected chi connectivity index (χ4v) is 2.69. The van der Waals surface area contributed by atoms with Gasteiger partial charge < -0.3 is 10.2 Å². The zero-order valence-corrected chi connectivity index (χ0v) is 12.6. The number of nitrogens with zero attached hydrogens (tertiary/aromatic N) is 3. The fourth-order valence-electron chi connectivity index (χ4n) is 2.69. The van der Waals surface area contributed by atoms with Crippen molar-refractivity contribution in [2.24, 2.45) is 13.0 Å². The zero-order chi connectivity index (χ0) is 16.2. The number of amides is 1. The van der Waals surface area contributed by atoms with Crippen molar-refractivity contribution in [3.63, 3.8) is 0 Å². The standard InChI is InChI=1S/C14H21F3N4O/c1-20-8-11(7-19-20)4-6-21-5-2-3-12(9-21)13(22)18-10-14(15,16)17/h7-8,12H,2-6,9-10H2,1H3,(H,18,22). The van der Waals surface area contributed by atoms with Crippen molar-refractivity contribution in [1.82, 2.24) is 20.0 Å². The van der Waals surface area contributed by atoms with Gasteiger partial charge in [0.05, 0.1) is 12.1 Å². The molecule has 1 aromatic heterocycles. The third kappa shape index (κ3) is 5.32. The Morgan fingerprint density at radius 2 is 2.27 bits per heavy atom. The van der Waals surface area contributed by atoms with Crippen molar-refractivity contribution in [3.05, 3.63) is 18.0 Å². The predicted molar refractivity (Wildman–Crippen MR) is 75.1 cm³/mol. The van der Waals surface area contributed by atoms with Gasteiger partial charge in [0.2, 0.25) is 5.91 Å². The second-order valence-corrected chi connectivity index (χ2v) is 5.74. The van der Waals surface area contributed by atoms with Gasteiger partial charge in [-0.3, -0.25) is 9.48 Å². The molecule has 0 aliphatic carbocycles. The maximum Gasteiger partial charge on any atom is 0.405 e. The van der Waals surface area contributed by atoms with Gasteiger partial charge in [-0.05, 0) is 31.4 Å². The second-order valence-electron chi connectivity index (χ2n) is 5.74. The summed E-state index contributed by atoms with van der Waals surface area (Å²) < 4.78 is 38.1. The van der Waals surface area contributed by atoms with Gasteiger partial charge in [-0.15, -0.1) is 0 Å². The quantitative estimate of drug-likeness (QED) is 0.892. The average molecular weight is 318 g/mol. The maximum atomic E-state index is 12.1. The van der Waals surface area contributed by atoms with E-state index in [0.717, 1.165) is 31.5 Å². The van der Waals surface area contributed by atoms with Crippen LogP contribution in [0.5, 0.6) is 0 Å². The summed E-state index contributed by atoms with van der Waals surface area (Å²) in [6.45, 7) is 0.931. The minimum atomic E-state index is -4.36. The van der Waals surface area contributed by atoms with E-state index in [1.165, 1.54) is 0 Å². The molecule has 1 aliphatic heterocycles. The summed E-state index contributed by atoms with van der Waals surface area (Å²) in [5, 5.41) is 6.08. The molecule has 1 unspecified atom stereocenters. The fraction of sp³-hybridized carbons (Fsp3) is 0.714. The normalized spacial score (nSPS) is 20.1. The first-order valence-corrected chi connectivity index (χ1v) is 7.38. The molecule has 124 valence electrons. The average Bonchev–Trinajstić information content (AvgIpc) is 2.88. The highest BCUT2D eigenvalue weighted by Crippen LogP contribution is 2.18. The molecule has 1 saturated heterocycles. The topological polar surface area (TPSA) is 50.2 Å². The monoisotopic (exact) mass is 318 g/mol. The Hall–Kier alpha value is -1.57. The van der Waals surface area contributed by atoms with E-state index in [0.29, 0.717) is 13.0 Å². The molecule has 0 spiro atoms. The lowest BCUT2D eigenvalue weighted by atomic mass is 9.97. The molecule has 0 bridgehead atoms. The molecular weight excluding hydrogens is 297 g/mol. The number of likely N-dealkylation sites (tertiary alicyclic amines) is 1. The zero-order valence-electron chi connectivity index (χ0n) is 12.6. The summed E-state index contributed by atoms with van der Waals surface area (Å²) in [6, 6.07) is 0. The number of piperidine rings is 1. The Bertz CT molecular complexity index is 501. The molecular formula is C14H21F3N4O. The van der Waals surface area contributed by atoms with Gasteiger partial charge in [-0.1, -0.05) is 0 Å². The molecule has 1 aliphatic rings. The van der Waals surface area contributed by atoms with Crippen LogP contribution >= 0.6 is 0 Å². The first-order chi connectivity index (χ1) is 10.3. The Balaban J connectivity index is 1.77. The van der Waals surface area contributed by atoms with Gasteiger partial charge in [0, 0.05) is 26.3 Å². The smallest absolute Gasteiger partial charge is 0.347 e. The van der Waals surface area contributed by atoms with Gasteiger partial charge in [-0.2, -0.15) is 18.3 Å². The molecule has 0 radical (unpaired) electrons. The van der Waals surface area contributed by atoms with E-state index in [2.05, 4.69) is 10.00 Å². The van der Waals surface area contributed by atoms with Crippen molar-refractivity contribution in [2.45, 2.75) is 25.4 Å². The Morgan fingerprint density at radius 1 is 1.50 bits per heavy atom. The Labute approximate surface area is 127 Å². The van der Waals surface area contributed by atoms with Crippen LogP contribution in [0, 0.1) is 5.92 Å². The van der Waals surface area contributed by atoms with E-state index in [9.17, 15) is 18.0 Å². The van der Waals surface area contributed by atoms with E-state index >= 15 is 0 Å². The van der Waals surface area contributed by atoms with Crippen LogP contribution in [0.1, 0.15) is 18.4 Å². The number of halogens is 3. The number of aryl methyl sites for hydroxylation is 1. The van der Waals surface area contributed by atoms with E-state index in [4.69, 9.17) is 0 Å². The van der Waals surface area contributed by atoms with E-state index < -0.39 is 18.6 Å². The minimum Gasteiger partial charge on any atom is -0.347 e. The molecule has 8 heteroatoms. The van der Waals surface area contributed by atoms with Gasteiger partial charge in [-0.25, -0.2) is 0 Å². The van der Waals surface area contributed by atoms with Gasteiger partial charge in [0.15, 0.2) is 0 Å². The van der Waals surface area contributed by atoms with Crippen LogP contribution in [0.2, 0.25) is 0 Å². The number of carbonyl (C=O) groups excluding carboxylic acids is 1. The lowest BCUT2D eigenvalue weighted by Crippen LogP contribution is -2.45. The summed E-state index contributed by atoms with van der Waals surface area (Å²) >= 11 is 0. The number of hydrogen-bond donors (Lipinski definition) is 1. The molecule has 1 amide bonds. The third-order valence-electron chi connectivity index (χ3n) is 3.81. The molecule has 1 atom stereocenters. The number of carbonyl (C=O) groups is 1. The number of hydrogen-bond acceptors (Lipinski definition) is 3. The van der Waals surface area contributed by atoms with Crippen molar-refractivity contribution < 1.29 is 18.0 Å². The van der Waals surface area contributed by atoms with E-state index in [1.807, 2.05) is 18.6 Å². The van der Waals surface area contributed by atoms with Crippen molar-refractivity contribution in [3.8, 4) is 0 Å². The Kier molecular flexibility index (Phi) is 5.44. The lowest BCUT2D eigenvalue weighted by Gasteiger charge is -2.31. The van der Waals surface area contributed by atoms with Crippen LogP contribution in [0.3, 0.4) is 0 Å². The molecule has 0 aromatic carbocycles. The molecule has 1 fully saturated rings. The first kappa shape index (κ1) is 16.8. The highest BCUT2D eigenvalue weighted by atomic mass is 19.4. The van der Waals surface area contributed by atoms with Crippen LogP contribution in [0.4, 0.5) is 13.2 Å². The van der Waals surface area contributed by atoms with Crippen LogP contribution < -0.4 is 5.32 Å². The first-order valence-electron chi connectivity index (χ1n) is 7.38. The van der Waals surface area contributed by atoms with Crippen LogP contribution in [0.15, 0.2) is 12.4 Å². The number of nitrogens with one attached hydrogen (secondary N) is 1. The minimum absolute atomic E-state index is 0.356. The molecule has 1 N–H and O–H groups in total. The second kappa shape index (κ2) is 7.13. The summed E-state index contributed by atoms with van der Waals surface area (Å²) in [5.41, 5.74) is 1.12. The summed E-state index contributed by atoms with van der Waals surface area (Å²) in [5.74, 6) is -0.853. The Morgan fingerprint density at radius 3 is 2.91 bits per heavy atom. The molecule has 2 heterocycles. The van der Waals surface area contributed by atoms with E-state index in [-0.39, 0.29) is 5.92 Å². The van der Waals surface area contributed by atoms with Crippen LogP contribution in [-0.4, -0.2) is 52.9 Å². The molecule has 2 rings (SSSR count). The summed E-state index contributed by atoms with van der Waals surface area (Å²) in [7, 11) is 1.85. The van der Waals surface area contributed by atoms with Crippen molar-refractivity contribution in [2.75, 3.05) is 26.2 Å². The SMILES string of the molecule is Cn1cc(CCN2CCCC(C(=O)NCC(F)(F)F)C2)cn1. The summed E-state index contributed by atoms with van der Waals surface area (Å²) in [6.07, 6.45) is 1.69. The number of rotatable bonds is 5. The highest BCUT2D eigenvalue weighted by Gasteiger charge is 2.31. The molecule has 5 nitrogen and oxygen atoms in total. The summed E-state index contributed by atoms with van der Waals surface area (Å²) in [4.78, 5) is 14.0. The van der Waals surface area contributed by atoms with Gasteiger partial charge in [0.25, 0.3) is 0 Å². The molecule has 0 saturated carbocycles. The van der Waals surface area contributed by atoms with E-state index in [1.54, 1.807) is 10.9 Å². The van der Waals surface area contributed by atoms with Gasteiger partial charge >= 0.3 is 6.18 Å².